The van der Waals surface area contributed by atoms with E-state index in [1.165, 1.54) is 12.1 Å². The summed E-state index contributed by atoms with van der Waals surface area (Å²) < 4.78 is 0. The van der Waals surface area contributed by atoms with Gasteiger partial charge in [0.25, 0.3) is 0 Å². The lowest BCUT2D eigenvalue weighted by Crippen LogP contribution is -2.33. The lowest BCUT2D eigenvalue weighted by molar-refractivity contribution is 0.451. The summed E-state index contributed by atoms with van der Waals surface area (Å²) in [4.78, 5) is 11.1. The maximum atomic E-state index is 4.52. The molecule has 2 heterocycles. The first-order valence-corrected chi connectivity index (χ1v) is 4.88. The Kier molecular flexibility index (Phi) is 1.25. The van der Waals surface area contributed by atoms with Crippen molar-refractivity contribution < 1.29 is 0 Å². The molecule has 2 atom stereocenters. The van der Waals surface area contributed by atoms with Crippen LogP contribution in [0.1, 0.15) is 20.3 Å². The van der Waals surface area contributed by atoms with Crippen molar-refractivity contribution in [2.45, 2.75) is 32.4 Å². The summed E-state index contributed by atoms with van der Waals surface area (Å²) in [6, 6.07) is 1.19. The normalized spacial score (nSPS) is 34.2. The zero-order valence-corrected chi connectivity index (χ0v) is 7.94. The van der Waals surface area contributed by atoms with E-state index >= 15 is 0 Å². The molecule has 13 heavy (non-hydrogen) atoms. The average molecular weight is 175 g/mol. The lowest BCUT2D eigenvalue weighted by atomic mass is 10.1. The van der Waals surface area contributed by atoms with Gasteiger partial charge in [-0.25, -0.2) is 9.98 Å². The molecule has 3 nitrogen and oxygen atoms in total. The Bertz CT molecular complexity index is 338. The van der Waals surface area contributed by atoms with Gasteiger partial charge in [-0.2, -0.15) is 0 Å². The quantitative estimate of drug-likeness (QED) is 0.592. The standard InChI is InChI=1S/C10H13N3/c1-6(2)8-3-4-11-10-12-7-5-9(7)13(8)10/h3-4,6-7,9H,5H2,1-2H3. The van der Waals surface area contributed by atoms with Crippen LogP contribution in [0.5, 0.6) is 0 Å². The molecule has 0 aromatic rings. The second-order valence-corrected chi connectivity index (χ2v) is 4.19. The van der Waals surface area contributed by atoms with E-state index in [1.807, 2.05) is 6.21 Å². The van der Waals surface area contributed by atoms with Crippen molar-refractivity contribution >= 4 is 12.2 Å². The van der Waals surface area contributed by atoms with Gasteiger partial charge < -0.3 is 4.90 Å². The Morgan fingerprint density at radius 3 is 3.15 bits per heavy atom. The predicted octanol–water partition coefficient (Wildman–Crippen LogP) is 1.42. The molecule has 0 amide bonds. The van der Waals surface area contributed by atoms with Crippen molar-refractivity contribution in [1.29, 1.82) is 0 Å². The van der Waals surface area contributed by atoms with Crippen molar-refractivity contribution in [3.63, 3.8) is 0 Å². The number of rotatable bonds is 1. The number of fused-ring (bicyclic) bond motifs is 3. The summed E-state index contributed by atoms with van der Waals surface area (Å²) >= 11 is 0. The molecule has 2 unspecified atom stereocenters. The van der Waals surface area contributed by atoms with Gasteiger partial charge >= 0.3 is 0 Å². The molecule has 0 aromatic heterocycles. The minimum atomic E-state index is 0.549. The highest BCUT2D eigenvalue weighted by atomic mass is 15.4. The van der Waals surface area contributed by atoms with Gasteiger partial charge in [0.2, 0.25) is 5.96 Å². The summed E-state index contributed by atoms with van der Waals surface area (Å²) in [6.45, 7) is 4.44. The van der Waals surface area contributed by atoms with Crippen molar-refractivity contribution in [2.24, 2.45) is 15.9 Å². The predicted molar refractivity (Wildman–Crippen MR) is 52.9 cm³/mol. The van der Waals surface area contributed by atoms with Crippen LogP contribution in [0.15, 0.2) is 21.8 Å². The third-order valence-electron chi connectivity index (χ3n) is 2.86. The second kappa shape index (κ2) is 2.22. The van der Waals surface area contributed by atoms with E-state index in [-0.39, 0.29) is 0 Å². The molecular weight excluding hydrogens is 162 g/mol. The Hall–Kier alpha value is -1.12. The van der Waals surface area contributed by atoms with Gasteiger partial charge in [0.15, 0.2) is 0 Å². The topological polar surface area (TPSA) is 28.0 Å². The summed E-state index contributed by atoms with van der Waals surface area (Å²) in [5.74, 6) is 1.50. The van der Waals surface area contributed by atoms with E-state index in [4.69, 9.17) is 0 Å². The summed E-state index contributed by atoms with van der Waals surface area (Å²) in [7, 11) is 0. The minimum Gasteiger partial charge on any atom is -0.309 e. The Morgan fingerprint density at radius 1 is 1.54 bits per heavy atom. The van der Waals surface area contributed by atoms with E-state index in [2.05, 4.69) is 34.8 Å². The van der Waals surface area contributed by atoms with E-state index in [1.54, 1.807) is 0 Å². The zero-order chi connectivity index (χ0) is 9.00. The SMILES string of the molecule is CC(C)C1=CC=NC2=NC3CC3N12. The van der Waals surface area contributed by atoms with Gasteiger partial charge in [-0.1, -0.05) is 13.8 Å². The summed E-state index contributed by atoms with van der Waals surface area (Å²) in [5, 5.41) is 0. The molecule has 1 saturated carbocycles. The van der Waals surface area contributed by atoms with Crippen molar-refractivity contribution in [2.75, 3.05) is 0 Å². The lowest BCUT2D eigenvalue weighted by Gasteiger charge is -2.27. The van der Waals surface area contributed by atoms with Crippen molar-refractivity contribution in [3.05, 3.63) is 11.8 Å². The number of hydrogen-bond acceptors (Lipinski definition) is 3. The fourth-order valence-electron chi connectivity index (χ4n) is 2.08. The fraction of sp³-hybridized carbons (Fsp3) is 0.600. The molecule has 1 fully saturated rings. The van der Waals surface area contributed by atoms with Crippen LogP contribution in [0, 0.1) is 5.92 Å². The Morgan fingerprint density at radius 2 is 2.38 bits per heavy atom. The number of allylic oxidation sites excluding steroid dienone is 2. The molecular formula is C10H13N3. The van der Waals surface area contributed by atoms with Gasteiger partial charge in [-0.15, -0.1) is 0 Å². The summed E-state index contributed by atoms with van der Waals surface area (Å²) in [6.07, 6.45) is 5.21. The van der Waals surface area contributed by atoms with Crippen LogP contribution >= 0.6 is 0 Å². The van der Waals surface area contributed by atoms with Gasteiger partial charge in [-0.3, -0.25) is 0 Å². The number of nitrogens with zero attached hydrogens (tertiary/aromatic N) is 3. The number of aliphatic imine (C=N–C) groups is 2. The molecule has 1 aliphatic carbocycles. The van der Waals surface area contributed by atoms with E-state index in [9.17, 15) is 0 Å². The Balaban J connectivity index is 2.00. The van der Waals surface area contributed by atoms with E-state index in [0.717, 1.165) is 5.96 Å². The fourth-order valence-corrected chi connectivity index (χ4v) is 2.08. The van der Waals surface area contributed by atoms with Gasteiger partial charge in [0.05, 0.1) is 12.1 Å². The molecule has 3 heteroatoms. The highest BCUT2D eigenvalue weighted by Gasteiger charge is 2.50. The molecule has 0 aromatic carbocycles. The van der Waals surface area contributed by atoms with Crippen LogP contribution in [0.2, 0.25) is 0 Å². The number of hydrogen-bond donors (Lipinski definition) is 0. The largest absolute Gasteiger partial charge is 0.309 e. The molecule has 2 aliphatic heterocycles. The minimum absolute atomic E-state index is 0.549. The average Bonchev–Trinajstić information content (AvgIpc) is 2.77. The van der Waals surface area contributed by atoms with E-state index < -0.39 is 0 Å². The first kappa shape index (κ1) is 7.30. The van der Waals surface area contributed by atoms with Gasteiger partial charge in [0.1, 0.15) is 0 Å². The molecule has 0 N–H and O–H groups in total. The molecule has 0 radical (unpaired) electrons. The monoisotopic (exact) mass is 175 g/mol. The first-order valence-electron chi connectivity index (χ1n) is 4.88. The smallest absolute Gasteiger partial charge is 0.225 e. The molecule has 0 spiro atoms. The van der Waals surface area contributed by atoms with E-state index in [0.29, 0.717) is 18.0 Å². The number of guanidine groups is 1. The van der Waals surface area contributed by atoms with Gasteiger partial charge in [-0.05, 0) is 18.4 Å². The van der Waals surface area contributed by atoms with Crippen LogP contribution in [-0.4, -0.2) is 29.2 Å². The third-order valence-corrected chi connectivity index (χ3v) is 2.86. The molecule has 3 aliphatic rings. The van der Waals surface area contributed by atoms with Gasteiger partial charge in [0, 0.05) is 11.9 Å². The molecule has 68 valence electrons. The van der Waals surface area contributed by atoms with Crippen LogP contribution < -0.4 is 0 Å². The molecule has 0 bridgehead atoms. The van der Waals surface area contributed by atoms with Crippen LogP contribution in [0.4, 0.5) is 0 Å². The maximum Gasteiger partial charge on any atom is 0.225 e. The van der Waals surface area contributed by atoms with Crippen LogP contribution in [-0.2, 0) is 0 Å². The van der Waals surface area contributed by atoms with Crippen molar-refractivity contribution in [1.82, 2.24) is 4.90 Å². The third kappa shape index (κ3) is 0.900. The molecule has 0 saturated heterocycles. The second-order valence-electron chi connectivity index (χ2n) is 4.19. The highest BCUT2D eigenvalue weighted by Crippen LogP contribution is 2.42. The van der Waals surface area contributed by atoms with Crippen molar-refractivity contribution in [3.8, 4) is 0 Å². The summed E-state index contributed by atoms with van der Waals surface area (Å²) in [5.41, 5.74) is 1.37. The van der Waals surface area contributed by atoms with Crippen LogP contribution in [0.25, 0.3) is 0 Å². The zero-order valence-electron chi connectivity index (χ0n) is 7.94. The van der Waals surface area contributed by atoms with Crippen LogP contribution in [0.3, 0.4) is 0 Å². The maximum absolute atomic E-state index is 4.52. The Labute approximate surface area is 77.9 Å². The highest BCUT2D eigenvalue weighted by molar-refractivity contribution is 5.97. The molecule has 3 rings (SSSR count). The first-order chi connectivity index (χ1) is 6.27.